The number of carboxylic acids is 1. The van der Waals surface area contributed by atoms with Crippen molar-refractivity contribution in [1.82, 2.24) is 5.32 Å². The molecule has 0 radical (unpaired) electrons. The molecule has 1 aromatic rings. The van der Waals surface area contributed by atoms with E-state index >= 15 is 0 Å². The van der Waals surface area contributed by atoms with Gasteiger partial charge in [0.1, 0.15) is 0 Å². The lowest BCUT2D eigenvalue weighted by Crippen LogP contribution is -2.26. The molecule has 1 saturated carbocycles. The van der Waals surface area contributed by atoms with Gasteiger partial charge in [0.15, 0.2) is 11.5 Å². The molecule has 1 aliphatic rings. The Morgan fingerprint density at radius 1 is 1.35 bits per heavy atom. The molecule has 6 nitrogen and oxygen atoms in total. The lowest BCUT2D eigenvalue weighted by atomic mass is 10.1. The smallest absolute Gasteiger partial charge is 0.307 e. The van der Waals surface area contributed by atoms with Crippen molar-refractivity contribution in [3.63, 3.8) is 0 Å². The largest absolute Gasteiger partial charge is 0.493 e. The summed E-state index contributed by atoms with van der Waals surface area (Å²) >= 11 is 0. The van der Waals surface area contributed by atoms with Gasteiger partial charge in [0.2, 0.25) is 5.91 Å². The number of hydrogen-bond donors (Lipinski definition) is 2. The van der Waals surface area contributed by atoms with Gasteiger partial charge in [-0.3, -0.25) is 9.59 Å². The second kappa shape index (κ2) is 7.17. The first-order chi connectivity index (χ1) is 11.0. The number of hydrogen-bond acceptors (Lipinski definition) is 4. The molecular weight excluding hydrogens is 298 g/mol. The van der Waals surface area contributed by atoms with Gasteiger partial charge in [-0.15, -0.1) is 6.58 Å². The number of carboxylic acid groups (broad SMARTS) is 1. The van der Waals surface area contributed by atoms with E-state index in [-0.39, 0.29) is 5.91 Å². The summed E-state index contributed by atoms with van der Waals surface area (Å²) < 4.78 is 10.7. The van der Waals surface area contributed by atoms with Gasteiger partial charge in [-0.2, -0.15) is 0 Å². The Hall–Kier alpha value is -2.50. The molecule has 2 atom stereocenters. The molecule has 2 rings (SSSR count). The van der Waals surface area contributed by atoms with Crippen molar-refractivity contribution in [1.29, 1.82) is 0 Å². The molecule has 0 aromatic heterocycles. The Balaban J connectivity index is 2.07. The van der Waals surface area contributed by atoms with Crippen LogP contribution in [-0.2, 0) is 22.6 Å². The van der Waals surface area contributed by atoms with E-state index in [1.807, 2.05) is 6.07 Å². The van der Waals surface area contributed by atoms with Gasteiger partial charge in [-0.1, -0.05) is 6.08 Å². The molecule has 6 heteroatoms. The Bertz CT molecular complexity index is 626. The highest BCUT2D eigenvalue weighted by molar-refractivity contribution is 5.89. The molecule has 1 fully saturated rings. The molecule has 2 N–H and O–H groups in total. The van der Waals surface area contributed by atoms with Crippen molar-refractivity contribution < 1.29 is 24.2 Å². The van der Waals surface area contributed by atoms with Crippen molar-refractivity contribution in [3.05, 3.63) is 35.9 Å². The first-order valence-corrected chi connectivity index (χ1v) is 7.37. The summed E-state index contributed by atoms with van der Waals surface area (Å²) in [5.74, 6) is -0.861. The first-order valence-electron chi connectivity index (χ1n) is 7.37. The average molecular weight is 319 g/mol. The van der Waals surface area contributed by atoms with Gasteiger partial charge in [0.25, 0.3) is 0 Å². The highest BCUT2D eigenvalue weighted by Crippen LogP contribution is 2.39. The number of allylic oxidation sites excluding steroid dienone is 1. The van der Waals surface area contributed by atoms with E-state index in [0.29, 0.717) is 30.9 Å². The molecule has 1 amide bonds. The van der Waals surface area contributed by atoms with Crippen LogP contribution >= 0.6 is 0 Å². The molecule has 1 aromatic carbocycles. The molecule has 2 unspecified atom stereocenters. The minimum atomic E-state index is -0.912. The number of amides is 1. The zero-order chi connectivity index (χ0) is 17.0. The highest BCUT2D eigenvalue weighted by atomic mass is 16.5. The topological polar surface area (TPSA) is 84.9 Å². The summed E-state index contributed by atoms with van der Waals surface area (Å²) in [5, 5.41) is 11.6. The maximum absolute atomic E-state index is 11.9. The SMILES string of the molecule is C=CCc1cc(CNC(=O)C2CC2C(=O)O)cc(OC)c1OC. The van der Waals surface area contributed by atoms with Crippen molar-refractivity contribution in [3.8, 4) is 11.5 Å². The third-order valence-electron chi connectivity index (χ3n) is 3.89. The van der Waals surface area contributed by atoms with Crippen molar-refractivity contribution in [2.24, 2.45) is 11.8 Å². The molecule has 1 aliphatic carbocycles. The number of nitrogens with one attached hydrogen (secondary N) is 1. The lowest BCUT2D eigenvalue weighted by Gasteiger charge is -2.14. The third-order valence-corrected chi connectivity index (χ3v) is 3.89. The second-order valence-corrected chi connectivity index (χ2v) is 5.49. The van der Waals surface area contributed by atoms with E-state index in [4.69, 9.17) is 14.6 Å². The number of aliphatic carboxylic acids is 1. The van der Waals surface area contributed by atoms with E-state index in [1.165, 1.54) is 0 Å². The lowest BCUT2D eigenvalue weighted by molar-refractivity contribution is -0.140. The molecule has 124 valence electrons. The van der Waals surface area contributed by atoms with Crippen LogP contribution in [0.5, 0.6) is 11.5 Å². The monoisotopic (exact) mass is 319 g/mol. The first kappa shape index (κ1) is 16.9. The zero-order valence-electron chi connectivity index (χ0n) is 13.3. The summed E-state index contributed by atoms with van der Waals surface area (Å²) in [6.07, 6.45) is 2.79. The van der Waals surface area contributed by atoms with Crippen LogP contribution in [0, 0.1) is 11.8 Å². The van der Waals surface area contributed by atoms with Crippen LogP contribution in [0.1, 0.15) is 17.5 Å². The van der Waals surface area contributed by atoms with Crippen molar-refractivity contribution in [2.75, 3.05) is 14.2 Å². The second-order valence-electron chi connectivity index (χ2n) is 5.49. The van der Waals surface area contributed by atoms with E-state index in [9.17, 15) is 9.59 Å². The van der Waals surface area contributed by atoms with Crippen LogP contribution in [0.2, 0.25) is 0 Å². The van der Waals surface area contributed by atoms with E-state index in [0.717, 1.165) is 11.1 Å². The predicted molar refractivity (Wildman–Crippen MR) is 84.5 cm³/mol. The summed E-state index contributed by atoms with van der Waals surface area (Å²) in [7, 11) is 3.13. The third kappa shape index (κ3) is 3.83. The number of rotatable bonds is 8. The minimum absolute atomic E-state index is 0.225. The van der Waals surface area contributed by atoms with Gasteiger partial charge in [-0.05, 0) is 30.5 Å². The molecule has 23 heavy (non-hydrogen) atoms. The summed E-state index contributed by atoms with van der Waals surface area (Å²) in [5.41, 5.74) is 1.78. The number of methoxy groups -OCH3 is 2. The van der Waals surface area contributed by atoms with E-state index in [1.54, 1.807) is 26.4 Å². The van der Waals surface area contributed by atoms with Gasteiger partial charge in [0, 0.05) is 12.1 Å². The molecule has 0 bridgehead atoms. The fraction of sp³-hybridized carbons (Fsp3) is 0.412. The minimum Gasteiger partial charge on any atom is -0.493 e. The molecule has 0 aliphatic heterocycles. The molecular formula is C17H21NO5. The van der Waals surface area contributed by atoms with Crippen LogP contribution < -0.4 is 14.8 Å². The van der Waals surface area contributed by atoms with Gasteiger partial charge < -0.3 is 19.9 Å². The Morgan fingerprint density at radius 3 is 2.61 bits per heavy atom. The van der Waals surface area contributed by atoms with Gasteiger partial charge in [0.05, 0.1) is 26.1 Å². The van der Waals surface area contributed by atoms with Crippen LogP contribution in [0.25, 0.3) is 0 Å². The Labute approximate surface area is 135 Å². The predicted octanol–water partition coefficient (Wildman–Crippen LogP) is 1.77. The van der Waals surface area contributed by atoms with Crippen LogP contribution in [0.3, 0.4) is 0 Å². The fourth-order valence-electron chi connectivity index (χ4n) is 2.59. The maximum atomic E-state index is 11.9. The molecule has 0 spiro atoms. The summed E-state index contributed by atoms with van der Waals surface area (Å²) in [4.78, 5) is 22.7. The van der Waals surface area contributed by atoms with Gasteiger partial charge >= 0.3 is 5.97 Å². The van der Waals surface area contributed by atoms with Crippen LogP contribution in [-0.4, -0.2) is 31.2 Å². The maximum Gasteiger partial charge on any atom is 0.307 e. The summed E-state index contributed by atoms with van der Waals surface area (Å²) in [6, 6.07) is 3.72. The molecule has 0 heterocycles. The standard InChI is InChI=1S/C17H21NO5/c1-4-5-11-6-10(7-14(22-2)15(11)23-3)9-18-16(19)12-8-13(12)17(20)21/h4,6-7,12-13H,1,5,8-9H2,2-3H3,(H,18,19)(H,20,21). The number of carbonyl (C=O) groups is 2. The van der Waals surface area contributed by atoms with Crippen molar-refractivity contribution in [2.45, 2.75) is 19.4 Å². The molecule has 0 saturated heterocycles. The highest BCUT2D eigenvalue weighted by Gasteiger charge is 2.48. The van der Waals surface area contributed by atoms with Crippen LogP contribution in [0.4, 0.5) is 0 Å². The van der Waals surface area contributed by atoms with Gasteiger partial charge in [-0.25, -0.2) is 0 Å². The van der Waals surface area contributed by atoms with Crippen LogP contribution in [0.15, 0.2) is 24.8 Å². The summed E-state index contributed by atoms with van der Waals surface area (Å²) in [6.45, 7) is 4.04. The van der Waals surface area contributed by atoms with Crippen molar-refractivity contribution >= 4 is 11.9 Å². The average Bonchev–Trinajstić information content (AvgIpc) is 3.33. The number of carbonyl (C=O) groups excluding carboxylic acids is 1. The number of ether oxygens (including phenoxy) is 2. The fourth-order valence-corrected chi connectivity index (χ4v) is 2.59. The Morgan fingerprint density at radius 2 is 2.09 bits per heavy atom. The van der Waals surface area contributed by atoms with E-state index < -0.39 is 17.8 Å². The Kier molecular flexibility index (Phi) is 5.26. The normalized spacial score (nSPS) is 18.9. The zero-order valence-corrected chi connectivity index (χ0v) is 13.3. The van der Waals surface area contributed by atoms with E-state index in [2.05, 4.69) is 11.9 Å². The number of benzene rings is 1. The quantitative estimate of drug-likeness (QED) is 0.713.